The predicted molar refractivity (Wildman–Crippen MR) is 51.8 cm³/mol. The van der Waals surface area contributed by atoms with Gasteiger partial charge in [0.05, 0.1) is 11.9 Å². The van der Waals surface area contributed by atoms with Crippen molar-refractivity contribution in [1.29, 1.82) is 0 Å². The van der Waals surface area contributed by atoms with Crippen molar-refractivity contribution in [2.75, 3.05) is 0 Å². The fourth-order valence-electron chi connectivity index (χ4n) is 1.35. The van der Waals surface area contributed by atoms with Crippen molar-refractivity contribution >= 4 is 6.29 Å². The van der Waals surface area contributed by atoms with E-state index in [-0.39, 0.29) is 0 Å². The van der Waals surface area contributed by atoms with Crippen LogP contribution >= 0.6 is 0 Å². The smallest absolute Gasteiger partial charge is 0.150 e. The van der Waals surface area contributed by atoms with Gasteiger partial charge in [-0.15, -0.1) is 5.10 Å². The molecule has 0 spiro atoms. The summed E-state index contributed by atoms with van der Waals surface area (Å²) in [6, 6.07) is 4.28. The molecule has 0 saturated heterocycles. The molecule has 15 heavy (non-hydrogen) atoms. The second-order valence-corrected chi connectivity index (χ2v) is 3.10. The Labute approximate surface area is 85.3 Å². The van der Waals surface area contributed by atoms with Crippen molar-refractivity contribution < 1.29 is 9.18 Å². The number of hydrogen-bond donors (Lipinski definition) is 0. The Balaban J connectivity index is 2.55. The zero-order valence-electron chi connectivity index (χ0n) is 8.01. The molecule has 0 aliphatic heterocycles. The van der Waals surface area contributed by atoms with Gasteiger partial charge >= 0.3 is 0 Å². The molecule has 0 fully saturated rings. The molecule has 1 aromatic carbocycles. The van der Waals surface area contributed by atoms with Crippen molar-refractivity contribution in [3.05, 3.63) is 35.8 Å². The minimum Gasteiger partial charge on any atom is -0.298 e. The number of aryl methyl sites for hydroxylation is 1. The molecule has 0 radical (unpaired) electrons. The van der Waals surface area contributed by atoms with Crippen LogP contribution in [0, 0.1) is 5.82 Å². The minimum absolute atomic E-state index is 0.311. The lowest BCUT2D eigenvalue weighted by Gasteiger charge is -2.02. The summed E-state index contributed by atoms with van der Waals surface area (Å²) in [5.41, 5.74) is 1.27. The van der Waals surface area contributed by atoms with Crippen LogP contribution in [0.1, 0.15) is 10.4 Å². The Kier molecular flexibility index (Phi) is 2.29. The first-order chi connectivity index (χ1) is 7.22. The molecule has 76 valence electrons. The van der Waals surface area contributed by atoms with Gasteiger partial charge in [-0.05, 0) is 12.1 Å². The summed E-state index contributed by atoms with van der Waals surface area (Å²) in [4.78, 5) is 10.4. The summed E-state index contributed by atoms with van der Waals surface area (Å²) < 4.78 is 15.0. The summed E-state index contributed by atoms with van der Waals surface area (Å²) in [6.07, 6.45) is 2.08. The van der Waals surface area contributed by atoms with Crippen LogP contribution in [0.2, 0.25) is 0 Å². The van der Waals surface area contributed by atoms with Gasteiger partial charge in [0.2, 0.25) is 0 Å². The van der Waals surface area contributed by atoms with E-state index in [1.54, 1.807) is 13.1 Å². The van der Waals surface area contributed by atoms with Crippen LogP contribution in [0.4, 0.5) is 4.39 Å². The van der Waals surface area contributed by atoms with Crippen LogP contribution in [0.15, 0.2) is 24.4 Å². The van der Waals surface area contributed by atoms with Gasteiger partial charge in [0.25, 0.3) is 0 Å². The molecule has 2 aromatic rings. The van der Waals surface area contributed by atoms with Crippen molar-refractivity contribution in [2.45, 2.75) is 0 Å². The molecule has 0 bridgehead atoms. The lowest BCUT2D eigenvalue weighted by atomic mass is 10.1. The fourth-order valence-corrected chi connectivity index (χ4v) is 1.35. The number of halogens is 1. The van der Waals surface area contributed by atoms with Crippen LogP contribution in [0.5, 0.6) is 0 Å². The number of nitrogens with zero attached hydrogens (tertiary/aromatic N) is 3. The third-order valence-corrected chi connectivity index (χ3v) is 2.12. The summed E-state index contributed by atoms with van der Waals surface area (Å²) >= 11 is 0. The van der Waals surface area contributed by atoms with E-state index in [1.807, 2.05) is 0 Å². The zero-order valence-corrected chi connectivity index (χ0v) is 8.01. The Morgan fingerprint density at radius 1 is 1.47 bits per heavy atom. The third kappa shape index (κ3) is 1.63. The highest BCUT2D eigenvalue weighted by atomic mass is 19.1. The molecule has 0 amide bonds. The Morgan fingerprint density at radius 2 is 2.27 bits per heavy atom. The van der Waals surface area contributed by atoms with Crippen LogP contribution in [-0.4, -0.2) is 21.3 Å². The summed E-state index contributed by atoms with van der Waals surface area (Å²) in [6.45, 7) is 0. The maximum Gasteiger partial charge on any atom is 0.150 e. The van der Waals surface area contributed by atoms with Crippen LogP contribution in [-0.2, 0) is 7.05 Å². The first-order valence-corrected chi connectivity index (χ1v) is 4.32. The molecule has 2 rings (SSSR count). The molecule has 0 unspecified atom stereocenters. The van der Waals surface area contributed by atoms with Crippen molar-refractivity contribution in [3.8, 4) is 11.3 Å². The highest BCUT2D eigenvalue weighted by Crippen LogP contribution is 2.21. The van der Waals surface area contributed by atoms with Crippen LogP contribution in [0.25, 0.3) is 11.3 Å². The fraction of sp³-hybridized carbons (Fsp3) is 0.100. The van der Waals surface area contributed by atoms with E-state index < -0.39 is 5.82 Å². The van der Waals surface area contributed by atoms with Gasteiger partial charge in [0.15, 0.2) is 0 Å². The maximum absolute atomic E-state index is 13.6. The van der Waals surface area contributed by atoms with E-state index in [9.17, 15) is 9.18 Å². The average molecular weight is 205 g/mol. The average Bonchev–Trinajstić information content (AvgIpc) is 2.64. The van der Waals surface area contributed by atoms with Crippen molar-refractivity contribution in [2.24, 2.45) is 7.05 Å². The number of carbonyl (C=O) groups is 1. The molecule has 5 heteroatoms. The van der Waals surface area contributed by atoms with Gasteiger partial charge in [-0.3, -0.25) is 4.79 Å². The van der Waals surface area contributed by atoms with E-state index in [2.05, 4.69) is 10.3 Å². The number of hydrogen-bond acceptors (Lipinski definition) is 3. The van der Waals surface area contributed by atoms with Gasteiger partial charge in [0, 0.05) is 18.2 Å². The zero-order chi connectivity index (χ0) is 10.8. The van der Waals surface area contributed by atoms with Gasteiger partial charge in [-0.1, -0.05) is 11.3 Å². The number of benzene rings is 1. The maximum atomic E-state index is 13.6. The normalized spacial score (nSPS) is 10.3. The van der Waals surface area contributed by atoms with Crippen molar-refractivity contribution in [1.82, 2.24) is 15.0 Å². The monoisotopic (exact) mass is 205 g/mol. The van der Waals surface area contributed by atoms with Gasteiger partial charge in [0.1, 0.15) is 12.1 Å². The van der Waals surface area contributed by atoms with Crippen LogP contribution < -0.4 is 0 Å². The molecule has 0 saturated carbocycles. The van der Waals surface area contributed by atoms with Gasteiger partial charge in [-0.25, -0.2) is 9.07 Å². The molecule has 0 atom stereocenters. The van der Waals surface area contributed by atoms with E-state index >= 15 is 0 Å². The quantitative estimate of drug-likeness (QED) is 0.697. The molecule has 0 aliphatic carbocycles. The number of aldehydes is 1. The van der Waals surface area contributed by atoms with E-state index in [1.165, 1.54) is 23.0 Å². The summed E-state index contributed by atoms with van der Waals surface area (Å²) in [5, 5.41) is 7.37. The molecule has 1 aromatic heterocycles. The number of carbonyl (C=O) groups excluding carboxylic acids is 1. The second-order valence-electron chi connectivity index (χ2n) is 3.10. The largest absolute Gasteiger partial charge is 0.298 e. The van der Waals surface area contributed by atoms with E-state index in [0.29, 0.717) is 23.1 Å². The minimum atomic E-state index is -0.454. The predicted octanol–water partition coefficient (Wildman–Crippen LogP) is 1.43. The molecular formula is C10H8FN3O. The first-order valence-electron chi connectivity index (χ1n) is 4.32. The Morgan fingerprint density at radius 3 is 2.80 bits per heavy atom. The molecule has 0 aliphatic rings. The summed E-state index contributed by atoms with van der Waals surface area (Å²) in [7, 11) is 1.68. The first kappa shape index (κ1) is 9.51. The standard InChI is InChI=1S/C10H8FN3O/c1-14-10(5-12-13-14)8-3-2-7(6-15)4-9(8)11/h2-6H,1H3. The lowest BCUT2D eigenvalue weighted by Crippen LogP contribution is -1.96. The lowest BCUT2D eigenvalue weighted by molar-refractivity contribution is 0.112. The SMILES string of the molecule is Cn1nncc1-c1ccc(C=O)cc1F. The van der Waals surface area contributed by atoms with Crippen molar-refractivity contribution in [3.63, 3.8) is 0 Å². The Bertz CT molecular complexity index is 507. The molecule has 4 nitrogen and oxygen atoms in total. The van der Waals surface area contributed by atoms with E-state index in [4.69, 9.17) is 0 Å². The van der Waals surface area contributed by atoms with Gasteiger partial charge in [-0.2, -0.15) is 0 Å². The highest BCUT2D eigenvalue weighted by molar-refractivity contribution is 5.76. The number of rotatable bonds is 2. The highest BCUT2D eigenvalue weighted by Gasteiger charge is 2.09. The van der Waals surface area contributed by atoms with E-state index in [0.717, 1.165) is 0 Å². The topological polar surface area (TPSA) is 47.8 Å². The van der Waals surface area contributed by atoms with Gasteiger partial charge < -0.3 is 0 Å². The molecule has 1 heterocycles. The second kappa shape index (κ2) is 3.61. The van der Waals surface area contributed by atoms with Crippen LogP contribution in [0.3, 0.4) is 0 Å². The Hall–Kier alpha value is -2.04. The number of aromatic nitrogens is 3. The third-order valence-electron chi connectivity index (χ3n) is 2.12. The molecular weight excluding hydrogens is 197 g/mol. The summed E-state index contributed by atoms with van der Waals surface area (Å²) in [5.74, 6) is -0.454. The molecule has 0 N–H and O–H groups in total.